The number of ether oxygens (including phenoxy) is 2. The van der Waals surface area contributed by atoms with Crippen molar-refractivity contribution < 1.29 is 36.2 Å². The number of pyridine rings is 1. The van der Waals surface area contributed by atoms with Crippen LogP contribution < -0.4 is 10.1 Å². The van der Waals surface area contributed by atoms with Crippen LogP contribution in [0.1, 0.15) is 18.1 Å². The van der Waals surface area contributed by atoms with Gasteiger partial charge in [-0.3, -0.25) is 9.78 Å². The van der Waals surface area contributed by atoms with Crippen LogP contribution in [0.2, 0.25) is 0 Å². The molecule has 0 bridgehead atoms. The molecule has 1 amide bonds. The highest BCUT2D eigenvalue weighted by molar-refractivity contribution is 5.90. The third kappa shape index (κ3) is 4.93. The van der Waals surface area contributed by atoms with Crippen LogP contribution >= 0.6 is 0 Å². The van der Waals surface area contributed by atoms with Crippen molar-refractivity contribution in [3.8, 4) is 11.5 Å². The van der Waals surface area contributed by atoms with E-state index in [-0.39, 0.29) is 36.6 Å². The quantitative estimate of drug-likeness (QED) is 0.615. The van der Waals surface area contributed by atoms with Crippen molar-refractivity contribution >= 4 is 11.8 Å². The summed E-state index contributed by atoms with van der Waals surface area (Å²) < 4.78 is 78.7. The van der Waals surface area contributed by atoms with E-state index in [1.807, 2.05) is 16.7 Å². The first-order chi connectivity index (χ1) is 17.6. The highest BCUT2D eigenvalue weighted by Gasteiger charge is 2.41. The molecule has 4 heterocycles. The molecule has 2 fully saturated rings. The number of nitrogens with zero attached hydrogens (tertiary/aromatic N) is 4. The fourth-order valence-corrected chi connectivity index (χ4v) is 4.25. The molecule has 37 heavy (non-hydrogen) atoms. The summed E-state index contributed by atoms with van der Waals surface area (Å²) in [6.45, 7) is 2.90. The number of carbonyl (C=O) groups is 1. The molecule has 5 rings (SSSR count). The second-order valence-electron chi connectivity index (χ2n) is 8.48. The normalized spacial score (nSPS) is 20.2. The molecule has 0 spiro atoms. The van der Waals surface area contributed by atoms with E-state index in [0.29, 0.717) is 31.2 Å². The number of fused-ring (bicyclic) bond motifs is 3. The number of halogens is 5. The molecule has 0 aliphatic carbocycles. The predicted molar refractivity (Wildman–Crippen MR) is 120 cm³/mol. The van der Waals surface area contributed by atoms with Crippen molar-refractivity contribution in [2.45, 2.75) is 25.7 Å². The second kappa shape index (κ2) is 9.37. The first-order valence-electron chi connectivity index (χ1n) is 11.2. The minimum Gasteiger partial charge on any atom is -0.473 e. The zero-order valence-corrected chi connectivity index (χ0v) is 19.4. The van der Waals surface area contributed by atoms with Gasteiger partial charge in [0, 0.05) is 25.4 Å². The summed E-state index contributed by atoms with van der Waals surface area (Å²) in [7, 11) is 0. The average Bonchev–Trinajstić information content (AvgIpc) is 3.22. The fourth-order valence-electron chi connectivity index (χ4n) is 4.25. The molecule has 1 N–H and O–H groups in total. The van der Waals surface area contributed by atoms with Crippen molar-refractivity contribution in [2.75, 3.05) is 19.6 Å². The number of amides is 1. The van der Waals surface area contributed by atoms with Gasteiger partial charge in [-0.05, 0) is 36.8 Å². The summed E-state index contributed by atoms with van der Waals surface area (Å²) in [5.74, 6) is -2.13. The Labute approximate surface area is 207 Å². The van der Waals surface area contributed by atoms with Gasteiger partial charge in [0.2, 0.25) is 11.8 Å². The Bertz CT molecular complexity index is 1320. The van der Waals surface area contributed by atoms with Crippen molar-refractivity contribution in [2.24, 2.45) is 4.99 Å². The number of allylic oxidation sites excluding steroid dienone is 1. The summed E-state index contributed by atoms with van der Waals surface area (Å²) in [6.07, 6.45) is 0.259. The summed E-state index contributed by atoms with van der Waals surface area (Å²) in [5.41, 5.74) is -1.01. The van der Waals surface area contributed by atoms with Gasteiger partial charge in [-0.15, -0.1) is 0 Å². The second-order valence-corrected chi connectivity index (χ2v) is 8.48. The minimum absolute atomic E-state index is 0.0798. The van der Waals surface area contributed by atoms with Crippen LogP contribution in [0, 0.1) is 11.6 Å². The maximum Gasteiger partial charge on any atom is 0.418 e. The Morgan fingerprint density at radius 3 is 2.65 bits per heavy atom. The number of aliphatic imine (C=N–C) groups is 1. The van der Waals surface area contributed by atoms with Crippen LogP contribution in [-0.2, 0) is 22.3 Å². The van der Waals surface area contributed by atoms with E-state index in [2.05, 4.69) is 15.3 Å². The molecule has 1 atom stereocenters. The van der Waals surface area contributed by atoms with E-state index in [1.165, 1.54) is 0 Å². The first kappa shape index (κ1) is 24.5. The average molecular weight is 521 g/mol. The molecular formula is C24H20F5N5O3. The zero-order valence-electron chi connectivity index (χ0n) is 19.4. The van der Waals surface area contributed by atoms with Gasteiger partial charge < -0.3 is 24.6 Å². The number of rotatable bonds is 4. The van der Waals surface area contributed by atoms with Crippen LogP contribution in [0.3, 0.4) is 0 Å². The molecular weight excluding hydrogens is 501 g/mol. The van der Waals surface area contributed by atoms with Gasteiger partial charge in [0.15, 0.2) is 17.4 Å². The zero-order chi connectivity index (χ0) is 26.3. The lowest BCUT2D eigenvalue weighted by molar-refractivity contribution is -0.138. The number of aromatic nitrogens is 1. The highest BCUT2D eigenvalue weighted by Crippen LogP contribution is 2.35. The van der Waals surface area contributed by atoms with Crippen molar-refractivity contribution in [1.29, 1.82) is 0 Å². The van der Waals surface area contributed by atoms with Crippen LogP contribution in [0.4, 0.5) is 22.0 Å². The maximum absolute atomic E-state index is 14.6. The standard InChI is InChI=1S/C24H20F5N5O3/c1-2-19-32-21(6-22-33-11-20(35)31-8-15(33)10-34(19)22)36-12-13-3-17(25)23(18(26)4-13)37-16-5-14(7-30-9-16)24(27,28)29/h2-7,9,15H,8,10-12H2,1H3,(H,31,35)/b19-2-. The first-order valence-corrected chi connectivity index (χ1v) is 11.2. The van der Waals surface area contributed by atoms with Crippen LogP contribution in [0.15, 0.2) is 59.4 Å². The molecule has 3 aliphatic rings. The van der Waals surface area contributed by atoms with Gasteiger partial charge in [0.05, 0.1) is 24.3 Å². The van der Waals surface area contributed by atoms with Gasteiger partial charge >= 0.3 is 6.18 Å². The summed E-state index contributed by atoms with van der Waals surface area (Å²) in [4.78, 5) is 23.7. The molecule has 194 valence electrons. The molecule has 0 radical (unpaired) electrons. The monoisotopic (exact) mass is 521 g/mol. The highest BCUT2D eigenvalue weighted by atomic mass is 19.4. The van der Waals surface area contributed by atoms with Crippen molar-refractivity contribution in [1.82, 2.24) is 20.1 Å². The van der Waals surface area contributed by atoms with E-state index in [9.17, 15) is 26.7 Å². The Balaban J connectivity index is 1.31. The third-order valence-electron chi connectivity index (χ3n) is 5.97. The molecule has 3 aliphatic heterocycles. The van der Waals surface area contributed by atoms with Crippen molar-refractivity contribution in [3.63, 3.8) is 0 Å². The van der Waals surface area contributed by atoms with E-state index < -0.39 is 34.9 Å². The number of benzene rings is 1. The lowest BCUT2D eigenvalue weighted by Crippen LogP contribution is -2.51. The summed E-state index contributed by atoms with van der Waals surface area (Å²) in [5, 5.41) is 2.84. The van der Waals surface area contributed by atoms with Crippen LogP contribution in [0.5, 0.6) is 11.5 Å². The van der Waals surface area contributed by atoms with Gasteiger partial charge in [-0.1, -0.05) is 0 Å². The molecule has 13 heteroatoms. The van der Waals surface area contributed by atoms with Crippen LogP contribution in [0.25, 0.3) is 0 Å². The summed E-state index contributed by atoms with van der Waals surface area (Å²) in [6, 6.07) is 2.59. The van der Waals surface area contributed by atoms with Gasteiger partial charge in [0.25, 0.3) is 0 Å². The smallest absolute Gasteiger partial charge is 0.418 e. The van der Waals surface area contributed by atoms with Gasteiger partial charge in [-0.25, -0.2) is 8.78 Å². The van der Waals surface area contributed by atoms with E-state index in [0.717, 1.165) is 24.2 Å². The topological polar surface area (TPSA) is 79.3 Å². The Kier molecular flexibility index (Phi) is 6.21. The Morgan fingerprint density at radius 1 is 1.19 bits per heavy atom. The third-order valence-corrected chi connectivity index (χ3v) is 5.97. The van der Waals surface area contributed by atoms with E-state index in [1.54, 1.807) is 12.2 Å². The fraction of sp³-hybridized carbons (Fsp3) is 0.292. The molecule has 8 nitrogen and oxygen atoms in total. The number of nitrogens with one attached hydrogen (secondary N) is 1. The van der Waals surface area contributed by atoms with E-state index >= 15 is 0 Å². The Hall–Kier alpha value is -4.16. The molecule has 0 saturated carbocycles. The van der Waals surface area contributed by atoms with Gasteiger partial charge in [0.1, 0.15) is 24.0 Å². The number of carbonyl (C=O) groups excluding carboxylic acids is 1. The van der Waals surface area contributed by atoms with Crippen molar-refractivity contribution in [3.05, 3.63) is 77.1 Å². The molecule has 1 aromatic heterocycles. The van der Waals surface area contributed by atoms with E-state index in [4.69, 9.17) is 9.47 Å². The maximum atomic E-state index is 14.6. The Morgan fingerprint density at radius 2 is 1.95 bits per heavy atom. The number of hydrogen-bond donors (Lipinski definition) is 1. The predicted octanol–water partition coefficient (Wildman–Crippen LogP) is 3.92. The lowest BCUT2D eigenvalue weighted by atomic mass is 10.2. The number of hydrogen-bond acceptors (Lipinski definition) is 7. The minimum atomic E-state index is -4.69. The largest absolute Gasteiger partial charge is 0.473 e. The SMILES string of the molecule is C/C=C1/N=C(OCc2cc(F)c(Oc3cncc(C(F)(F)F)c3)c(F)c2)C=C2N1CC1CNC(=O)CN21. The molecule has 1 unspecified atom stereocenters. The molecule has 2 aromatic rings. The number of piperazine rings is 1. The lowest BCUT2D eigenvalue weighted by Gasteiger charge is -2.32. The molecule has 2 saturated heterocycles. The van der Waals surface area contributed by atoms with Crippen LogP contribution in [-0.4, -0.2) is 52.3 Å². The van der Waals surface area contributed by atoms with Gasteiger partial charge in [-0.2, -0.15) is 18.2 Å². The molecule has 1 aromatic carbocycles. The summed E-state index contributed by atoms with van der Waals surface area (Å²) >= 11 is 0. The number of alkyl halides is 3.